The molecule has 1 aromatic heterocycles. The molecule has 4 rings (SSSR count). The van der Waals surface area contributed by atoms with Gasteiger partial charge in [-0.05, 0) is 43.7 Å². The van der Waals surface area contributed by atoms with Gasteiger partial charge in [-0.3, -0.25) is 14.5 Å². The minimum Gasteiger partial charge on any atom is -0.507 e. The van der Waals surface area contributed by atoms with E-state index < -0.39 is 23.7 Å². The van der Waals surface area contributed by atoms with E-state index in [0.717, 1.165) is 11.3 Å². The summed E-state index contributed by atoms with van der Waals surface area (Å²) in [6, 6.07) is 14.5. The Kier molecular flexibility index (Phi) is 6.47. The molecule has 1 N–H and O–H groups in total. The number of esters is 1. The van der Waals surface area contributed by atoms with E-state index in [-0.39, 0.29) is 27.9 Å². The van der Waals surface area contributed by atoms with Gasteiger partial charge in [-0.1, -0.05) is 41.7 Å². The highest BCUT2D eigenvalue weighted by Gasteiger charge is 2.48. The second-order valence-corrected chi connectivity index (χ2v) is 8.42. The lowest BCUT2D eigenvalue weighted by Gasteiger charge is -2.23. The van der Waals surface area contributed by atoms with Crippen molar-refractivity contribution >= 4 is 39.9 Å². The summed E-state index contributed by atoms with van der Waals surface area (Å²) in [5, 5.41) is 11.3. The predicted octanol–water partition coefficient (Wildman–Crippen LogP) is 4.26. The van der Waals surface area contributed by atoms with Gasteiger partial charge in [-0.25, -0.2) is 9.78 Å². The van der Waals surface area contributed by atoms with E-state index >= 15 is 0 Å². The number of nitrogens with zero attached hydrogens (tertiary/aromatic N) is 2. The summed E-state index contributed by atoms with van der Waals surface area (Å²) in [6.07, 6.45) is 0. The summed E-state index contributed by atoms with van der Waals surface area (Å²) in [7, 11) is 1.52. The van der Waals surface area contributed by atoms with Gasteiger partial charge >= 0.3 is 11.9 Å². The highest BCUT2D eigenvalue weighted by atomic mass is 32.1. The van der Waals surface area contributed by atoms with Gasteiger partial charge < -0.3 is 14.6 Å². The number of carbonyl (C=O) groups excluding carboxylic acids is 3. The molecule has 0 saturated carbocycles. The van der Waals surface area contributed by atoms with Crippen molar-refractivity contribution in [3.63, 3.8) is 0 Å². The molecule has 1 saturated heterocycles. The highest BCUT2D eigenvalue weighted by Crippen LogP contribution is 2.43. The number of Topliss-reactive ketones (excluding diaryl/α,β-unsaturated/α-hetero) is 1. The lowest BCUT2D eigenvalue weighted by atomic mass is 9.95. The number of hydrogen-bond donors (Lipinski definition) is 1. The normalized spacial score (nSPS) is 17.1. The van der Waals surface area contributed by atoms with Crippen LogP contribution >= 0.6 is 11.3 Å². The molecule has 3 aromatic rings. The lowest BCUT2D eigenvalue weighted by Crippen LogP contribution is -2.29. The predicted molar refractivity (Wildman–Crippen MR) is 127 cm³/mol. The molecule has 0 unspecified atom stereocenters. The Morgan fingerprint density at radius 2 is 1.79 bits per heavy atom. The van der Waals surface area contributed by atoms with Crippen LogP contribution in [-0.2, 0) is 14.3 Å². The summed E-state index contributed by atoms with van der Waals surface area (Å²) in [4.78, 5) is 44.6. The molecule has 2 aromatic carbocycles. The monoisotopic (exact) mass is 478 g/mol. The molecule has 8 nitrogen and oxygen atoms in total. The van der Waals surface area contributed by atoms with E-state index in [4.69, 9.17) is 9.47 Å². The zero-order valence-corrected chi connectivity index (χ0v) is 19.6. The van der Waals surface area contributed by atoms with Gasteiger partial charge in [-0.15, -0.1) is 0 Å². The van der Waals surface area contributed by atoms with Gasteiger partial charge in [0.15, 0.2) is 5.13 Å². The van der Waals surface area contributed by atoms with Crippen LogP contribution in [0.15, 0.2) is 60.2 Å². The number of ketones is 1. The number of aromatic nitrogens is 1. The summed E-state index contributed by atoms with van der Waals surface area (Å²) in [5.41, 5.74) is 1.30. The summed E-state index contributed by atoms with van der Waals surface area (Å²) in [6.45, 7) is 3.53. The molecule has 1 atom stereocenters. The van der Waals surface area contributed by atoms with E-state index in [1.807, 2.05) is 6.07 Å². The molecule has 0 aliphatic carbocycles. The van der Waals surface area contributed by atoms with Crippen LogP contribution in [0.3, 0.4) is 0 Å². The van der Waals surface area contributed by atoms with Gasteiger partial charge in [0.25, 0.3) is 5.78 Å². The SMILES string of the molecule is CCOC(=O)c1sc(N2C(=O)C(=O)C(=C(O)c3ccc(OC)cc3)[C@@H]2c2ccccc2)nc1C. The van der Waals surface area contributed by atoms with Gasteiger partial charge in [-0.2, -0.15) is 0 Å². The van der Waals surface area contributed by atoms with Crippen molar-refractivity contribution in [3.8, 4) is 5.75 Å². The topological polar surface area (TPSA) is 106 Å². The Bertz CT molecular complexity index is 1280. The van der Waals surface area contributed by atoms with Crippen molar-refractivity contribution in [1.82, 2.24) is 4.98 Å². The fraction of sp³-hybridized carbons (Fsp3) is 0.200. The summed E-state index contributed by atoms with van der Waals surface area (Å²) in [5.74, 6) is -1.95. The van der Waals surface area contributed by atoms with Crippen LogP contribution in [0.2, 0.25) is 0 Å². The first kappa shape index (κ1) is 23.2. The van der Waals surface area contributed by atoms with Gasteiger partial charge in [0.2, 0.25) is 0 Å². The zero-order chi connectivity index (χ0) is 24.4. The molecule has 1 aliphatic rings. The van der Waals surface area contributed by atoms with Crippen LogP contribution in [0.5, 0.6) is 5.75 Å². The van der Waals surface area contributed by atoms with Gasteiger partial charge in [0, 0.05) is 5.56 Å². The second kappa shape index (κ2) is 9.48. The van der Waals surface area contributed by atoms with E-state index in [1.54, 1.807) is 62.4 Å². The number of ether oxygens (including phenoxy) is 2. The maximum Gasteiger partial charge on any atom is 0.350 e. The van der Waals surface area contributed by atoms with Crippen molar-refractivity contribution in [3.05, 3.63) is 81.9 Å². The maximum atomic E-state index is 13.2. The van der Waals surface area contributed by atoms with Crippen molar-refractivity contribution < 1.29 is 29.0 Å². The third-order valence-electron chi connectivity index (χ3n) is 5.38. The number of aliphatic hydroxyl groups excluding tert-OH is 1. The quantitative estimate of drug-likeness (QED) is 0.244. The molecule has 1 fully saturated rings. The molecule has 2 heterocycles. The molecule has 0 spiro atoms. The minimum absolute atomic E-state index is 0.0631. The van der Waals surface area contributed by atoms with Crippen LogP contribution in [0.4, 0.5) is 5.13 Å². The number of anilines is 1. The molecule has 1 aliphatic heterocycles. The number of benzene rings is 2. The number of thiazole rings is 1. The zero-order valence-electron chi connectivity index (χ0n) is 18.8. The largest absolute Gasteiger partial charge is 0.507 e. The first-order valence-corrected chi connectivity index (χ1v) is 11.3. The maximum absolute atomic E-state index is 13.2. The molecule has 34 heavy (non-hydrogen) atoms. The number of aryl methyl sites for hydroxylation is 1. The van der Waals surface area contributed by atoms with Crippen LogP contribution in [0.1, 0.15) is 39.5 Å². The number of hydrogen-bond acceptors (Lipinski definition) is 8. The molecule has 1 amide bonds. The first-order chi connectivity index (χ1) is 16.4. The molecule has 174 valence electrons. The van der Waals surface area contributed by atoms with Gasteiger partial charge in [0.05, 0.1) is 31.0 Å². The van der Waals surface area contributed by atoms with Crippen LogP contribution < -0.4 is 9.64 Å². The van der Waals surface area contributed by atoms with Gasteiger partial charge in [0.1, 0.15) is 16.4 Å². The Morgan fingerprint density at radius 1 is 1.12 bits per heavy atom. The van der Waals surface area contributed by atoms with Crippen molar-refractivity contribution in [2.24, 2.45) is 0 Å². The fourth-order valence-electron chi connectivity index (χ4n) is 3.76. The summed E-state index contributed by atoms with van der Waals surface area (Å²) < 4.78 is 10.2. The van der Waals surface area contributed by atoms with Crippen molar-refractivity contribution in [2.45, 2.75) is 19.9 Å². The second-order valence-electron chi connectivity index (χ2n) is 7.44. The average Bonchev–Trinajstić information content (AvgIpc) is 3.36. The fourth-order valence-corrected chi connectivity index (χ4v) is 4.74. The van der Waals surface area contributed by atoms with Crippen LogP contribution in [0.25, 0.3) is 5.76 Å². The average molecular weight is 479 g/mol. The third-order valence-corrected chi connectivity index (χ3v) is 6.51. The lowest BCUT2D eigenvalue weighted by molar-refractivity contribution is -0.132. The Balaban J connectivity index is 1.88. The number of aliphatic hydroxyl groups is 1. The molecular formula is C25H22N2O6S. The molecule has 9 heteroatoms. The van der Waals surface area contributed by atoms with Crippen molar-refractivity contribution in [2.75, 3.05) is 18.6 Å². The Morgan fingerprint density at radius 3 is 2.41 bits per heavy atom. The van der Waals surface area contributed by atoms with Crippen LogP contribution in [0, 0.1) is 6.92 Å². The van der Waals surface area contributed by atoms with E-state index in [9.17, 15) is 19.5 Å². The number of rotatable bonds is 6. The van der Waals surface area contributed by atoms with E-state index in [2.05, 4.69) is 4.98 Å². The molecule has 0 bridgehead atoms. The minimum atomic E-state index is -0.927. The summed E-state index contributed by atoms with van der Waals surface area (Å²) >= 11 is 0.970. The highest BCUT2D eigenvalue weighted by molar-refractivity contribution is 7.17. The van der Waals surface area contributed by atoms with Crippen molar-refractivity contribution in [1.29, 1.82) is 0 Å². The van der Waals surface area contributed by atoms with E-state index in [1.165, 1.54) is 12.0 Å². The smallest absolute Gasteiger partial charge is 0.350 e. The van der Waals surface area contributed by atoms with E-state index in [0.29, 0.717) is 22.6 Å². The first-order valence-electron chi connectivity index (χ1n) is 10.5. The van der Waals surface area contributed by atoms with Crippen LogP contribution in [-0.4, -0.2) is 41.5 Å². The Labute approximate surface area is 200 Å². The standard InChI is InChI=1S/C25H22N2O6S/c1-4-33-24(31)22-14(2)26-25(34-22)27-19(15-8-6-5-7-9-15)18(21(29)23(27)30)20(28)16-10-12-17(32-3)13-11-16/h5-13,19,28H,4H2,1-3H3/t19-/m0/s1. The number of carbonyl (C=O) groups is 3. The molecule has 0 radical (unpaired) electrons. The third kappa shape index (κ3) is 4.06. The Hall–Kier alpha value is -3.98. The number of amides is 1. The molecular weight excluding hydrogens is 456 g/mol. The number of methoxy groups -OCH3 is 1.